The molecule has 1 aliphatic rings. The van der Waals surface area contributed by atoms with Crippen LogP contribution in [0, 0.1) is 13.8 Å². The fraction of sp³-hybridized carbons (Fsp3) is 0.350. The number of benzene rings is 2. The number of nitrogens with zero attached hydrogens (tertiary/aromatic N) is 2. The van der Waals surface area contributed by atoms with E-state index in [1.165, 1.54) is 29.5 Å². The summed E-state index contributed by atoms with van der Waals surface area (Å²) in [5, 5.41) is 3.58. The van der Waals surface area contributed by atoms with Crippen LogP contribution in [0.1, 0.15) is 29.5 Å². The lowest BCUT2D eigenvalue weighted by Crippen LogP contribution is -2.34. The van der Waals surface area contributed by atoms with E-state index in [1.807, 2.05) is 6.07 Å². The molecule has 2 aromatic carbocycles. The van der Waals surface area contributed by atoms with Crippen molar-refractivity contribution in [1.29, 1.82) is 0 Å². The Labute approximate surface area is 152 Å². The van der Waals surface area contributed by atoms with E-state index in [0.717, 1.165) is 29.2 Å². The second-order valence-corrected chi connectivity index (χ2v) is 7.24. The lowest BCUT2D eigenvalue weighted by Gasteiger charge is -2.23. The first kappa shape index (κ1) is 17.0. The third-order valence-corrected chi connectivity index (χ3v) is 4.95. The van der Waals surface area contributed by atoms with Crippen molar-refractivity contribution in [2.24, 2.45) is 4.99 Å². The Bertz CT molecular complexity index is 696. The summed E-state index contributed by atoms with van der Waals surface area (Å²) in [5.74, 6) is 0.976. The number of rotatable bonds is 3. The van der Waals surface area contributed by atoms with Gasteiger partial charge < -0.3 is 10.2 Å². The van der Waals surface area contributed by atoms with Crippen LogP contribution >= 0.6 is 15.9 Å². The first-order valence-corrected chi connectivity index (χ1v) is 9.30. The van der Waals surface area contributed by atoms with Gasteiger partial charge >= 0.3 is 0 Å². The highest BCUT2D eigenvalue weighted by atomic mass is 79.9. The van der Waals surface area contributed by atoms with Crippen LogP contribution in [0.3, 0.4) is 0 Å². The second kappa shape index (κ2) is 7.84. The van der Waals surface area contributed by atoms with Gasteiger partial charge in [-0.2, -0.15) is 0 Å². The number of hydrogen-bond donors (Lipinski definition) is 1. The van der Waals surface area contributed by atoms with E-state index in [2.05, 4.69) is 76.4 Å². The molecule has 0 radical (unpaired) electrons. The maximum atomic E-state index is 4.89. The standard InChI is InChI=1S/C20H24BrN3/c1-15-12-16(2)19(18(21)13-15)23-20(24-10-6-7-11-24)22-14-17-8-4-3-5-9-17/h3-5,8-9,12-13H,6-7,10-11,14H2,1-2H3,(H,22,23). The van der Waals surface area contributed by atoms with Crippen LogP contribution < -0.4 is 5.32 Å². The van der Waals surface area contributed by atoms with Crippen molar-refractivity contribution in [3.05, 3.63) is 63.6 Å². The predicted octanol–water partition coefficient (Wildman–Crippen LogP) is 5.13. The van der Waals surface area contributed by atoms with Gasteiger partial charge in [0.05, 0.1) is 12.2 Å². The van der Waals surface area contributed by atoms with Crippen LogP contribution in [0.15, 0.2) is 51.9 Å². The lowest BCUT2D eigenvalue weighted by molar-refractivity contribution is 0.515. The molecule has 4 heteroatoms. The molecule has 0 bridgehead atoms. The Morgan fingerprint density at radius 1 is 1.12 bits per heavy atom. The largest absolute Gasteiger partial charge is 0.343 e. The fourth-order valence-electron chi connectivity index (χ4n) is 3.08. The van der Waals surface area contributed by atoms with Crippen molar-refractivity contribution >= 4 is 27.6 Å². The smallest absolute Gasteiger partial charge is 0.198 e. The van der Waals surface area contributed by atoms with Gasteiger partial charge in [0.2, 0.25) is 0 Å². The Morgan fingerprint density at radius 2 is 1.83 bits per heavy atom. The lowest BCUT2D eigenvalue weighted by atomic mass is 10.1. The molecule has 1 aliphatic heterocycles. The van der Waals surface area contributed by atoms with Crippen LogP contribution in [0.2, 0.25) is 0 Å². The number of hydrogen-bond acceptors (Lipinski definition) is 1. The van der Waals surface area contributed by atoms with E-state index in [1.54, 1.807) is 0 Å². The zero-order valence-corrected chi connectivity index (χ0v) is 15.9. The van der Waals surface area contributed by atoms with Crippen LogP contribution in [-0.2, 0) is 6.54 Å². The molecule has 0 amide bonds. The van der Waals surface area contributed by atoms with Gasteiger partial charge in [0.15, 0.2) is 5.96 Å². The maximum Gasteiger partial charge on any atom is 0.198 e. The molecule has 2 aromatic rings. The van der Waals surface area contributed by atoms with Gasteiger partial charge in [-0.05, 0) is 65.4 Å². The number of guanidine groups is 1. The van der Waals surface area contributed by atoms with Gasteiger partial charge in [0.25, 0.3) is 0 Å². The number of nitrogens with one attached hydrogen (secondary N) is 1. The van der Waals surface area contributed by atoms with Crippen LogP contribution in [0.5, 0.6) is 0 Å². The number of aliphatic imine (C=N–C) groups is 1. The van der Waals surface area contributed by atoms with Crippen LogP contribution in [-0.4, -0.2) is 23.9 Å². The van der Waals surface area contributed by atoms with Crippen molar-refractivity contribution in [3.63, 3.8) is 0 Å². The topological polar surface area (TPSA) is 27.6 Å². The summed E-state index contributed by atoms with van der Waals surface area (Å²) in [6.45, 7) is 7.10. The van der Waals surface area contributed by atoms with Crippen molar-refractivity contribution in [1.82, 2.24) is 4.90 Å². The third-order valence-electron chi connectivity index (χ3n) is 4.33. The number of halogens is 1. The van der Waals surface area contributed by atoms with E-state index in [-0.39, 0.29) is 0 Å². The SMILES string of the molecule is Cc1cc(C)c(NC(=NCc2ccccc2)N2CCCC2)c(Br)c1. The molecular weight excluding hydrogens is 362 g/mol. The first-order chi connectivity index (χ1) is 11.6. The molecule has 3 nitrogen and oxygen atoms in total. The number of likely N-dealkylation sites (tertiary alicyclic amines) is 1. The average Bonchev–Trinajstić information content (AvgIpc) is 3.09. The summed E-state index contributed by atoms with van der Waals surface area (Å²) in [6.07, 6.45) is 2.47. The second-order valence-electron chi connectivity index (χ2n) is 6.38. The summed E-state index contributed by atoms with van der Waals surface area (Å²) >= 11 is 3.70. The minimum atomic E-state index is 0.697. The summed E-state index contributed by atoms with van der Waals surface area (Å²) < 4.78 is 1.09. The minimum absolute atomic E-state index is 0.697. The van der Waals surface area contributed by atoms with Gasteiger partial charge in [-0.1, -0.05) is 36.4 Å². The summed E-state index contributed by atoms with van der Waals surface area (Å²) in [4.78, 5) is 7.24. The van der Waals surface area contributed by atoms with E-state index in [4.69, 9.17) is 4.99 Å². The molecular formula is C20H24BrN3. The van der Waals surface area contributed by atoms with Crippen molar-refractivity contribution in [2.45, 2.75) is 33.2 Å². The van der Waals surface area contributed by atoms with Gasteiger partial charge in [0.1, 0.15) is 0 Å². The highest BCUT2D eigenvalue weighted by Gasteiger charge is 2.18. The quantitative estimate of drug-likeness (QED) is 0.585. The molecule has 1 heterocycles. The van der Waals surface area contributed by atoms with Gasteiger partial charge in [-0.15, -0.1) is 0 Å². The number of anilines is 1. The molecule has 126 valence electrons. The molecule has 0 atom stereocenters. The highest BCUT2D eigenvalue weighted by Crippen LogP contribution is 2.28. The van der Waals surface area contributed by atoms with Crippen molar-refractivity contribution < 1.29 is 0 Å². The van der Waals surface area contributed by atoms with Gasteiger partial charge in [-0.25, -0.2) is 4.99 Å². The normalized spacial score (nSPS) is 15.0. The van der Waals surface area contributed by atoms with E-state index >= 15 is 0 Å². The minimum Gasteiger partial charge on any atom is -0.343 e. The first-order valence-electron chi connectivity index (χ1n) is 8.50. The Balaban J connectivity index is 1.85. The molecule has 0 saturated carbocycles. The van der Waals surface area contributed by atoms with Crippen LogP contribution in [0.4, 0.5) is 5.69 Å². The molecule has 0 unspecified atom stereocenters. The van der Waals surface area contributed by atoms with E-state index in [9.17, 15) is 0 Å². The molecule has 0 spiro atoms. The molecule has 3 rings (SSSR count). The average molecular weight is 386 g/mol. The highest BCUT2D eigenvalue weighted by molar-refractivity contribution is 9.10. The fourth-order valence-corrected chi connectivity index (χ4v) is 3.86. The Hall–Kier alpha value is -1.81. The summed E-state index contributed by atoms with van der Waals surface area (Å²) in [6, 6.07) is 14.8. The summed E-state index contributed by atoms with van der Waals surface area (Å²) in [5.41, 5.74) is 4.83. The molecule has 0 aromatic heterocycles. The Kier molecular flexibility index (Phi) is 5.56. The number of aryl methyl sites for hydroxylation is 2. The van der Waals surface area contributed by atoms with Gasteiger partial charge in [0, 0.05) is 17.6 Å². The molecule has 1 saturated heterocycles. The van der Waals surface area contributed by atoms with E-state index in [0.29, 0.717) is 6.54 Å². The molecule has 1 N–H and O–H groups in total. The molecule has 0 aliphatic carbocycles. The van der Waals surface area contributed by atoms with Gasteiger partial charge in [-0.3, -0.25) is 0 Å². The monoisotopic (exact) mass is 385 g/mol. The molecule has 1 fully saturated rings. The Morgan fingerprint density at radius 3 is 2.50 bits per heavy atom. The van der Waals surface area contributed by atoms with Crippen molar-refractivity contribution in [3.8, 4) is 0 Å². The van der Waals surface area contributed by atoms with Crippen LogP contribution in [0.25, 0.3) is 0 Å². The zero-order chi connectivity index (χ0) is 16.9. The summed E-state index contributed by atoms with van der Waals surface area (Å²) in [7, 11) is 0. The van der Waals surface area contributed by atoms with E-state index < -0.39 is 0 Å². The predicted molar refractivity (Wildman–Crippen MR) is 106 cm³/mol. The molecule has 24 heavy (non-hydrogen) atoms. The maximum absolute atomic E-state index is 4.89. The van der Waals surface area contributed by atoms with Crippen molar-refractivity contribution in [2.75, 3.05) is 18.4 Å². The third kappa shape index (κ3) is 4.18. The zero-order valence-electron chi connectivity index (χ0n) is 14.3.